The molecular formula is C18H18N2O5. The number of esters is 1. The van der Waals surface area contributed by atoms with E-state index in [1.165, 1.54) is 12.1 Å². The molecule has 2 aromatic rings. The highest BCUT2D eigenvalue weighted by molar-refractivity contribution is 6.01. The molecule has 2 aromatic carbocycles. The maximum Gasteiger partial charge on any atom is 0.340 e. The molecule has 0 aliphatic carbocycles. The van der Waals surface area contributed by atoms with Gasteiger partial charge in [-0.05, 0) is 49.6 Å². The molecule has 0 bridgehead atoms. The lowest BCUT2D eigenvalue weighted by Crippen LogP contribution is -2.16. The summed E-state index contributed by atoms with van der Waals surface area (Å²) in [6.45, 7) is 5.17. The van der Waals surface area contributed by atoms with Crippen LogP contribution in [0.1, 0.15) is 37.4 Å². The van der Waals surface area contributed by atoms with E-state index in [1.807, 2.05) is 19.9 Å². The van der Waals surface area contributed by atoms with Gasteiger partial charge in [-0.3, -0.25) is 14.9 Å². The lowest BCUT2D eigenvalue weighted by Gasteiger charge is -2.10. The van der Waals surface area contributed by atoms with E-state index in [0.717, 1.165) is 22.8 Å². The molecule has 7 nitrogen and oxygen atoms in total. The molecule has 0 heterocycles. The number of non-ortho nitro benzene ring substituents is 1. The first-order valence-electron chi connectivity index (χ1n) is 7.52. The number of aryl methyl sites for hydroxylation is 3. The van der Waals surface area contributed by atoms with Gasteiger partial charge in [-0.25, -0.2) is 4.79 Å². The number of carbonyl (C=O) groups is 2. The van der Waals surface area contributed by atoms with Crippen molar-refractivity contribution >= 4 is 23.1 Å². The summed E-state index contributed by atoms with van der Waals surface area (Å²) in [6, 6.07) is 7.12. The van der Waals surface area contributed by atoms with Crippen LogP contribution in [0, 0.1) is 30.9 Å². The van der Waals surface area contributed by atoms with E-state index in [4.69, 9.17) is 10.5 Å². The SMILES string of the molecule is Cc1cc(C)c(C(=O)COC(=O)c2cc([N+](=O)[O-])ccc2N)cc1C. The Balaban J connectivity index is 2.15. The third kappa shape index (κ3) is 4.00. The Labute approximate surface area is 144 Å². The number of ketones is 1. The van der Waals surface area contributed by atoms with Gasteiger partial charge in [0.1, 0.15) is 0 Å². The molecule has 2 N–H and O–H groups in total. The molecule has 0 spiro atoms. The summed E-state index contributed by atoms with van der Waals surface area (Å²) < 4.78 is 4.99. The number of hydrogen-bond donors (Lipinski definition) is 1. The minimum atomic E-state index is -0.879. The van der Waals surface area contributed by atoms with E-state index < -0.39 is 17.5 Å². The normalized spacial score (nSPS) is 10.4. The number of nitrogen functional groups attached to an aromatic ring is 1. The van der Waals surface area contributed by atoms with Crippen molar-refractivity contribution in [2.24, 2.45) is 0 Å². The smallest absolute Gasteiger partial charge is 0.340 e. The molecule has 0 radical (unpaired) electrons. The summed E-state index contributed by atoms with van der Waals surface area (Å²) in [7, 11) is 0. The zero-order chi connectivity index (χ0) is 18.7. The average Bonchev–Trinajstić information content (AvgIpc) is 2.55. The summed E-state index contributed by atoms with van der Waals surface area (Å²) in [5.74, 6) is -1.23. The van der Waals surface area contributed by atoms with E-state index in [9.17, 15) is 19.7 Å². The Hall–Kier alpha value is -3.22. The first kappa shape index (κ1) is 18.1. The summed E-state index contributed by atoms with van der Waals surface area (Å²) >= 11 is 0. The highest BCUT2D eigenvalue weighted by atomic mass is 16.6. The Morgan fingerprint density at radius 3 is 2.32 bits per heavy atom. The number of nitro groups is 1. The Morgan fingerprint density at radius 1 is 1.04 bits per heavy atom. The summed E-state index contributed by atoms with van der Waals surface area (Å²) in [5, 5.41) is 10.8. The van der Waals surface area contributed by atoms with Crippen LogP contribution >= 0.6 is 0 Å². The molecule has 0 aliphatic heterocycles. The second-order valence-electron chi connectivity index (χ2n) is 5.78. The molecule has 0 saturated carbocycles. The fraction of sp³-hybridized carbons (Fsp3) is 0.222. The van der Waals surface area contributed by atoms with Crippen LogP contribution in [0.5, 0.6) is 0 Å². The second kappa shape index (κ2) is 7.12. The summed E-state index contributed by atoms with van der Waals surface area (Å²) in [4.78, 5) is 34.6. The van der Waals surface area contributed by atoms with E-state index in [-0.39, 0.29) is 22.7 Å². The van der Waals surface area contributed by atoms with Gasteiger partial charge in [-0.15, -0.1) is 0 Å². The molecule has 130 valence electrons. The molecule has 2 rings (SSSR count). The van der Waals surface area contributed by atoms with Crippen LogP contribution in [-0.4, -0.2) is 23.3 Å². The quantitative estimate of drug-likeness (QED) is 0.294. The van der Waals surface area contributed by atoms with Crippen LogP contribution in [0.25, 0.3) is 0 Å². The molecule has 0 aromatic heterocycles. The van der Waals surface area contributed by atoms with Gasteiger partial charge in [0.2, 0.25) is 5.78 Å². The minimum Gasteiger partial charge on any atom is -0.454 e. The van der Waals surface area contributed by atoms with Gasteiger partial charge in [-0.2, -0.15) is 0 Å². The van der Waals surface area contributed by atoms with Crippen molar-refractivity contribution in [2.45, 2.75) is 20.8 Å². The zero-order valence-corrected chi connectivity index (χ0v) is 14.2. The predicted octanol–water partition coefficient (Wildman–Crippen LogP) is 3.14. The van der Waals surface area contributed by atoms with Gasteiger partial charge in [0, 0.05) is 23.4 Å². The number of carbonyl (C=O) groups excluding carboxylic acids is 2. The number of hydrogen-bond acceptors (Lipinski definition) is 6. The van der Waals surface area contributed by atoms with Crippen molar-refractivity contribution in [1.29, 1.82) is 0 Å². The van der Waals surface area contributed by atoms with Gasteiger partial charge in [0.05, 0.1) is 10.5 Å². The van der Waals surface area contributed by atoms with Crippen LogP contribution in [0.15, 0.2) is 30.3 Å². The highest BCUT2D eigenvalue weighted by Gasteiger charge is 2.19. The Morgan fingerprint density at radius 2 is 1.68 bits per heavy atom. The molecule has 0 fully saturated rings. The molecule has 0 unspecified atom stereocenters. The number of benzene rings is 2. The number of ether oxygens (including phenoxy) is 1. The average molecular weight is 342 g/mol. The topological polar surface area (TPSA) is 113 Å². The van der Waals surface area contributed by atoms with Crippen LogP contribution in [0.2, 0.25) is 0 Å². The predicted molar refractivity (Wildman–Crippen MR) is 92.8 cm³/mol. The van der Waals surface area contributed by atoms with Crippen molar-refractivity contribution in [3.8, 4) is 0 Å². The van der Waals surface area contributed by atoms with E-state index in [0.29, 0.717) is 5.56 Å². The van der Waals surface area contributed by atoms with Crippen molar-refractivity contribution in [1.82, 2.24) is 0 Å². The molecule has 25 heavy (non-hydrogen) atoms. The van der Waals surface area contributed by atoms with Gasteiger partial charge in [0.15, 0.2) is 6.61 Å². The fourth-order valence-electron chi connectivity index (χ4n) is 2.38. The van der Waals surface area contributed by atoms with Crippen molar-refractivity contribution in [3.05, 3.63) is 68.3 Å². The first-order chi connectivity index (χ1) is 11.7. The molecule has 0 aliphatic rings. The highest BCUT2D eigenvalue weighted by Crippen LogP contribution is 2.21. The number of nitrogens with two attached hydrogens (primary N) is 1. The van der Waals surface area contributed by atoms with E-state index in [1.54, 1.807) is 13.0 Å². The number of Topliss-reactive ketones (excluding diaryl/α,β-unsaturated/α-hetero) is 1. The van der Waals surface area contributed by atoms with Crippen LogP contribution in [-0.2, 0) is 4.74 Å². The summed E-state index contributed by atoms with van der Waals surface area (Å²) in [5.41, 5.74) is 8.58. The summed E-state index contributed by atoms with van der Waals surface area (Å²) in [6.07, 6.45) is 0. The van der Waals surface area contributed by atoms with Crippen LogP contribution < -0.4 is 5.73 Å². The Kier molecular flexibility index (Phi) is 5.17. The van der Waals surface area contributed by atoms with E-state index in [2.05, 4.69) is 0 Å². The van der Waals surface area contributed by atoms with Gasteiger partial charge < -0.3 is 10.5 Å². The molecule has 0 saturated heterocycles. The minimum absolute atomic E-state index is 0.0467. The van der Waals surface area contributed by atoms with E-state index >= 15 is 0 Å². The van der Waals surface area contributed by atoms with Gasteiger partial charge >= 0.3 is 5.97 Å². The first-order valence-corrected chi connectivity index (χ1v) is 7.52. The van der Waals surface area contributed by atoms with Crippen molar-refractivity contribution in [3.63, 3.8) is 0 Å². The van der Waals surface area contributed by atoms with Crippen LogP contribution in [0.4, 0.5) is 11.4 Å². The zero-order valence-electron chi connectivity index (χ0n) is 14.2. The molecule has 0 amide bonds. The Bertz CT molecular complexity index is 874. The maximum absolute atomic E-state index is 12.3. The monoisotopic (exact) mass is 342 g/mol. The fourth-order valence-corrected chi connectivity index (χ4v) is 2.38. The number of anilines is 1. The third-order valence-electron chi connectivity index (χ3n) is 3.94. The standard InChI is InChI=1S/C18H18N2O5/c1-10-6-12(3)14(7-11(10)2)17(21)9-25-18(22)15-8-13(20(23)24)4-5-16(15)19/h4-8H,9,19H2,1-3H3. The van der Waals surface area contributed by atoms with Crippen LogP contribution in [0.3, 0.4) is 0 Å². The second-order valence-corrected chi connectivity index (χ2v) is 5.78. The maximum atomic E-state index is 12.3. The lowest BCUT2D eigenvalue weighted by atomic mass is 9.98. The van der Waals surface area contributed by atoms with Crippen molar-refractivity contribution < 1.29 is 19.2 Å². The lowest BCUT2D eigenvalue weighted by molar-refractivity contribution is -0.384. The van der Waals surface area contributed by atoms with Gasteiger partial charge in [0.25, 0.3) is 5.69 Å². The largest absolute Gasteiger partial charge is 0.454 e. The third-order valence-corrected chi connectivity index (χ3v) is 3.94. The number of rotatable bonds is 5. The number of nitrogens with zero attached hydrogens (tertiary/aromatic N) is 1. The number of nitro benzene ring substituents is 1. The molecule has 0 atom stereocenters. The van der Waals surface area contributed by atoms with Gasteiger partial charge in [-0.1, -0.05) is 6.07 Å². The molecule has 7 heteroatoms. The van der Waals surface area contributed by atoms with Crippen molar-refractivity contribution in [2.75, 3.05) is 12.3 Å². The molecular weight excluding hydrogens is 324 g/mol.